The molecule has 0 N–H and O–H groups in total. The molecule has 0 saturated heterocycles. The standard InChI is InChI=1S/C10H8ClF3O2/c1-16-8-5-7(11)3-2-6(8)4-9(15)10(12,13)14/h2-3,5H,4H2,1H3. The van der Waals surface area contributed by atoms with Gasteiger partial charge in [-0.1, -0.05) is 17.7 Å². The Morgan fingerprint density at radius 1 is 1.44 bits per heavy atom. The van der Waals surface area contributed by atoms with Gasteiger partial charge in [-0.15, -0.1) is 0 Å². The molecule has 2 nitrogen and oxygen atoms in total. The molecule has 0 unspecified atom stereocenters. The average Bonchev–Trinajstić information content (AvgIpc) is 2.19. The van der Waals surface area contributed by atoms with Gasteiger partial charge in [-0.05, 0) is 12.1 Å². The number of benzene rings is 1. The third-order valence-electron chi connectivity index (χ3n) is 1.92. The third-order valence-corrected chi connectivity index (χ3v) is 2.15. The van der Waals surface area contributed by atoms with Crippen LogP contribution in [0, 0.1) is 0 Å². The van der Waals surface area contributed by atoms with Crippen molar-refractivity contribution >= 4 is 17.4 Å². The zero-order chi connectivity index (χ0) is 12.3. The van der Waals surface area contributed by atoms with Crippen molar-refractivity contribution in [1.82, 2.24) is 0 Å². The molecular weight excluding hydrogens is 245 g/mol. The molecule has 88 valence electrons. The van der Waals surface area contributed by atoms with Crippen molar-refractivity contribution in [3.63, 3.8) is 0 Å². The van der Waals surface area contributed by atoms with E-state index in [9.17, 15) is 18.0 Å². The van der Waals surface area contributed by atoms with E-state index in [2.05, 4.69) is 0 Å². The zero-order valence-electron chi connectivity index (χ0n) is 8.27. The monoisotopic (exact) mass is 252 g/mol. The molecule has 1 aromatic rings. The predicted molar refractivity (Wildman–Crippen MR) is 52.8 cm³/mol. The van der Waals surface area contributed by atoms with E-state index in [-0.39, 0.29) is 11.3 Å². The molecule has 16 heavy (non-hydrogen) atoms. The molecule has 1 rings (SSSR count). The summed E-state index contributed by atoms with van der Waals surface area (Å²) in [7, 11) is 1.30. The minimum atomic E-state index is -4.83. The fourth-order valence-electron chi connectivity index (χ4n) is 1.14. The molecule has 0 bridgehead atoms. The SMILES string of the molecule is COc1cc(Cl)ccc1CC(=O)C(F)(F)F. The number of carbonyl (C=O) groups is 1. The normalized spacial score (nSPS) is 11.3. The van der Waals surface area contributed by atoms with Gasteiger partial charge in [0.15, 0.2) is 0 Å². The summed E-state index contributed by atoms with van der Waals surface area (Å²) in [4.78, 5) is 10.8. The maximum Gasteiger partial charge on any atom is 0.450 e. The predicted octanol–water partition coefficient (Wildman–Crippen LogP) is 3.02. The molecule has 1 aromatic carbocycles. The van der Waals surface area contributed by atoms with Gasteiger partial charge >= 0.3 is 6.18 Å². The number of hydrogen-bond donors (Lipinski definition) is 0. The van der Waals surface area contributed by atoms with Crippen molar-refractivity contribution in [2.75, 3.05) is 7.11 Å². The van der Waals surface area contributed by atoms with Crippen molar-refractivity contribution in [1.29, 1.82) is 0 Å². The highest BCUT2D eigenvalue weighted by molar-refractivity contribution is 6.30. The van der Waals surface area contributed by atoms with Crippen LogP contribution < -0.4 is 4.74 Å². The minimum Gasteiger partial charge on any atom is -0.496 e. The quantitative estimate of drug-likeness (QED) is 0.827. The van der Waals surface area contributed by atoms with E-state index in [0.29, 0.717) is 5.02 Å². The lowest BCUT2D eigenvalue weighted by molar-refractivity contribution is -0.170. The molecule has 0 heterocycles. The van der Waals surface area contributed by atoms with Crippen molar-refractivity contribution in [2.45, 2.75) is 12.6 Å². The smallest absolute Gasteiger partial charge is 0.450 e. The van der Waals surface area contributed by atoms with E-state index in [1.807, 2.05) is 0 Å². The molecule has 0 fully saturated rings. The van der Waals surface area contributed by atoms with E-state index in [1.54, 1.807) is 0 Å². The number of ether oxygens (including phenoxy) is 1. The number of carbonyl (C=O) groups excluding carboxylic acids is 1. The lowest BCUT2D eigenvalue weighted by atomic mass is 10.1. The van der Waals surface area contributed by atoms with E-state index >= 15 is 0 Å². The second kappa shape index (κ2) is 4.74. The van der Waals surface area contributed by atoms with Crippen LogP contribution in [-0.2, 0) is 11.2 Å². The van der Waals surface area contributed by atoms with Crippen molar-refractivity contribution < 1.29 is 22.7 Å². The molecule has 0 atom stereocenters. The number of ketones is 1. The molecule has 0 saturated carbocycles. The Bertz CT molecular complexity index is 402. The van der Waals surface area contributed by atoms with Crippen LogP contribution in [0.4, 0.5) is 13.2 Å². The Morgan fingerprint density at radius 2 is 2.06 bits per heavy atom. The number of methoxy groups -OCH3 is 1. The third kappa shape index (κ3) is 3.13. The molecule has 0 spiro atoms. The molecule has 0 aliphatic carbocycles. The van der Waals surface area contributed by atoms with Gasteiger partial charge in [-0.2, -0.15) is 13.2 Å². The largest absolute Gasteiger partial charge is 0.496 e. The summed E-state index contributed by atoms with van der Waals surface area (Å²) < 4.78 is 40.9. The number of hydrogen-bond acceptors (Lipinski definition) is 2. The maximum atomic E-state index is 12.0. The van der Waals surface area contributed by atoms with Gasteiger partial charge in [-0.25, -0.2) is 0 Å². The number of alkyl halides is 3. The number of Topliss-reactive ketones (excluding diaryl/α,β-unsaturated/α-hetero) is 1. The highest BCUT2D eigenvalue weighted by Crippen LogP contribution is 2.26. The highest BCUT2D eigenvalue weighted by Gasteiger charge is 2.38. The molecule has 0 aromatic heterocycles. The Morgan fingerprint density at radius 3 is 2.56 bits per heavy atom. The van der Waals surface area contributed by atoms with Crippen molar-refractivity contribution in [3.8, 4) is 5.75 Å². The Balaban J connectivity index is 2.93. The molecule has 0 aliphatic rings. The molecule has 0 amide bonds. The summed E-state index contributed by atoms with van der Waals surface area (Å²) in [5.41, 5.74) is 0.161. The average molecular weight is 253 g/mol. The van der Waals surface area contributed by atoms with Gasteiger partial charge in [0, 0.05) is 17.0 Å². The van der Waals surface area contributed by atoms with Gasteiger partial charge < -0.3 is 4.74 Å². The molecule has 0 aliphatic heterocycles. The van der Waals surface area contributed by atoms with Gasteiger partial charge in [-0.3, -0.25) is 4.79 Å². The van der Waals surface area contributed by atoms with Crippen LogP contribution in [0.2, 0.25) is 5.02 Å². The first-order valence-corrected chi connectivity index (χ1v) is 4.65. The van der Waals surface area contributed by atoms with Gasteiger partial charge in [0.1, 0.15) is 5.75 Å². The van der Waals surface area contributed by atoms with E-state index in [0.717, 1.165) is 0 Å². The van der Waals surface area contributed by atoms with E-state index < -0.39 is 18.4 Å². The summed E-state index contributed by atoms with van der Waals surface area (Å²) >= 11 is 5.63. The molecule has 6 heteroatoms. The van der Waals surface area contributed by atoms with Gasteiger partial charge in [0.05, 0.1) is 7.11 Å². The minimum absolute atomic E-state index is 0.161. The van der Waals surface area contributed by atoms with Crippen LogP contribution in [0.3, 0.4) is 0 Å². The van der Waals surface area contributed by atoms with E-state index in [1.165, 1.54) is 25.3 Å². The van der Waals surface area contributed by atoms with E-state index in [4.69, 9.17) is 16.3 Å². The second-order valence-corrected chi connectivity index (χ2v) is 3.49. The highest BCUT2D eigenvalue weighted by atomic mass is 35.5. The summed E-state index contributed by atoms with van der Waals surface area (Å²) in [6.07, 6.45) is -5.57. The molecule has 0 radical (unpaired) electrons. The lowest BCUT2D eigenvalue weighted by Crippen LogP contribution is -2.24. The zero-order valence-corrected chi connectivity index (χ0v) is 9.02. The second-order valence-electron chi connectivity index (χ2n) is 3.05. The Hall–Kier alpha value is -1.23. The maximum absolute atomic E-state index is 12.0. The van der Waals surface area contributed by atoms with Crippen LogP contribution in [0.15, 0.2) is 18.2 Å². The van der Waals surface area contributed by atoms with Crippen LogP contribution in [-0.4, -0.2) is 19.1 Å². The first kappa shape index (κ1) is 12.8. The number of halogens is 4. The summed E-state index contributed by atoms with van der Waals surface area (Å²) in [5, 5.41) is 0.333. The van der Waals surface area contributed by atoms with Crippen LogP contribution >= 0.6 is 11.6 Å². The Kier molecular flexibility index (Phi) is 3.80. The fraction of sp³-hybridized carbons (Fsp3) is 0.300. The summed E-state index contributed by atoms with van der Waals surface area (Å²) in [6.45, 7) is 0. The van der Waals surface area contributed by atoms with Crippen molar-refractivity contribution in [2.24, 2.45) is 0 Å². The Labute approximate surface area is 95.0 Å². The summed E-state index contributed by atoms with van der Waals surface area (Å²) in [6, 6.07) is 4.11. The van der Waals surface area contributed by atoms with Crippen LogP contribution in [0.25, 0.3) is 0 Å². The van der Waals surface area contributed by atoms with Crippen molar-refractivity contribution in [3.05, 3.63) is 28.8 Å². The molecular formula is C10H8ClF3O2. The lowest BCUT2D eigenvalue weighted by Gasteiger charge is -2.09. The first-order chi connectivity index (χ1) is 7.34. The topological polar surface area (TPSA) is 26.3 Å². The van der Waals surface area contributed by atoms with Crippen LogP contribution in [0.5, 0.6) is 5.75 Å². The van der Waals surface area contributed by atoms with Gasteiger partial charge in [0.25, 0.3) is 0 Å². The fourth-order valence-corrected chi connectivity index (χ4v) is 1.30. The van der Waals surface area contributed by atoms with Crippen LogP contribution in [0.1, 0.15) is 5.56 Å². The first-order valence-electron chi connectivity index (χ1n) is 4.27. The van der Waals surface area contributed by atoms with Gasteiger partial charge in [0.2, 0.25) is 5.78 Å². The summed E-state index contributed by atoms with van der Waals surface area (Å²) in [5.74, 6) is -1.64. The number of rotatable bonds is 3.